The Balaban J connectivity index is 0.00000385. The summed E-state index contributed by atoms with van der Waals surface area (Å²) in [7, 11) is 1.70. The van der Waals surface area contributed by atoms with Crippen molar-refractivity contribution in [3.05, 3.63) is 53.1 Å². The van der Waals surface area contributed by atoms with Crippen LogP contribution in [0.5, 0.6) is 11.5 Å². The van der Waals surface area contributed by atoms with Crippen molar-refractivity contribution in [1.82, 2.24) is 10.6 Å². The van der Waals surface area contributed by atoms with Gasteiger partial charge in [-0.15, -0.1) is 24.0 Å². The van der Waals surface area contributed by atoms with E-state index in [1.807, 2.05) is 6.92 Å². The third-order valence-corrected chi connectivity index (χ3v) is 5.18. The van der Waals surface area contributed by atoms with Crippen LogP contribution in [0.15, 0.2) is 41.4 Å². The molecule has 0 amide bonds. The lowest BCUT2D eigenvalue weighted by Gasteiger charge is -2.15. The Morgan fingerprint density at radius 2 is 1.94 bits per heavy atom. The van der Waals surface area contributed by atoms with Crippen molar-refractivity contribution in [2.75, 3.05) is 38.7 Å². The largest absolute Gasteiger partial charge is 0.494 e. The summed E-state index contributed by atoms with van der Waals surface area (Å²) >= 11 is 0. The van der Waals surface area contributed by atoms with Crippen molar-refractivity contribution < 1.29 is 14.2 Å². The van der Waals surface area contributed by atoms with Crippen LogP contribution in [-0.4, -0.2) is 45.5 Å². The molecule has 1 aliphatic heterocycles. The van der Waals surface area contributed by atoms with E-state index in [4.69, 9.17) is 19.2 Å². The van der Waals surface area contributed by atoms with E-state index in [0.717, 1.165) is 53.8 Å². The van der Waals surface area contributed by atoms with Crippen LogP contribution >= 0.6 is 24.0 Å². The topological polar surface area (TPSA) is 76.1 Å². The number of benzene rings is 2. The van der Waals surface area contributed by atoms with Gasteiger partial charge in [0, 0.05) is 50.0 Å². The Morgan fingerprint density at radius 3 is 2.64 bits per heavy atom. The highest BCUT2D eigenvalue weighted by Crippen LogP contribution is 2.35. The minimum absolute atomic E-state index is 0. The molecule has 0 saturated heterocycles. The molecule has 1 unspecified atom stereocenters. The minimum atomic E-state index is 0. The van der Waals surface area contributed by atoms with Crippen LogP contribution in [0.4, 0.5) is 5.69 Å². The molecule has 3 N–H and O–H groups in total. The maximum atomic E-state index is 5.94. The highest BCUT2D eigenvalue weighted by molar-refractivity contribution is 14.0. The van der Waals surface area contributed by atoms with E-state index in [0.29, 0.717) is 26.3 Å². The number of fused-ring (bicyclic) bond motifs is 1. The molecule has 0 aliphatic carbocycles. The monoisotopic (exact) mass is 568 g/mol. The second-order valence-corrected chi connectivity index (χ2v) is 7.80. The van der Waals surface area contributed by atoms with E-state index in [-0.39, 0.29) is 30.1 Å². The molecule has 0 fully saturated rings. The van der Waals surface area contributed by atoms with Gasteiger partial charge in [-0.2, -0.15) is 0 Å². The third kappa shape index (κ3) is 8.26. The van der Waals surface area contributed by atoms with Gasteiger partial charge in [0.1, 0.15) is 17.6 Å². The second kappa shape index (κ2) is 14.1. The molecule has 0 radical (unpaired) electrons. The van der Waals surface area contributed by atoms with E-state index in [9.17, 15) is 0 Å². The number of anilines is 1. The Morgan fingerprint density at radius 1 is 1.15 bits per heavy atom. The van der Waals surface area contributed by atoms with Crippen LogP contribution in [0.25, 0.3) is 0 Å². The molecule has 0 saturated carbocycles. The number of halogens is 1. The third-order valence-electron chi connectivity index (χ3n) is 5.18. The quantitative estimate of drug-likeness (QED) is 0.162. The molecule has 33 heavy (non-hydrogen) atoms. The summed E-state index contributed by atoms with van der Waals surface area (Å²) in [6.45, 7) is 10.3. The maximum absolute atomic E-state index is 5.94. The maximum Gasteiger partial charge on any atom is 0.191 e. The van der Waals surface area contributed by atoms with Gasteiger partial charge < -0.3 is 30.2 Å². The zero-order valence-electron chi connectivity index (χ0n) is 20.1. The Hall–Kier alpha value is -2.20. The van der Waals surface area contributed by atoms with Gasteiger partial charge in [-0.05, 0) is 50.6 Å². The fourth-order valence-corrected chi connectivity index (χ4v) is 3.63. The first-order valence-electron chi connectivity index (χ1n) is 11.4. The summed E-state index contributed by atoms with van der Waals surface area (Å²) in [5, 5.41) is 10.1. The van der Waals surface area contributed by atoms with Crippen molar-refractivity contribution in [1.29, 1.82) is 0 Å². The van der Waals surface area contributed by atoms with Crippen molar-refractivity contribution in [2.24, 2.45) is 4.99 Å². The zero-order chi connectivity index (χ0) is 22.8. The SMILES string of the molecule is CCNC(=NCc1ccc(NCCOC)cc1)NCc1cc2c(cc1OCC)CC(C)O2.I. The summed E-state index contributed by atoms with van der Waals surface area (Å²) in [5.74, 6) is 2.63. The number of aliphatic imine (C=N–C) groups is 1. The number of nitrogens with zero attached hydrogens (tertiary/aromatic N) is 1. The molecule has 1 atom stereocenters. The van der Waals surface area contributed by atoms with Gasteiger partial charge in [-0.3, -0.25) is 0 Å². The van der Waals surface area contributed by atoms with Gasteiger partial charge in [0.05, 0.1) is 19.8 Å². The summed E-state index contributed by atoms with van der Waals surface area (Å²) in [6, 6.07) is 12.5. The standard InChI is InChI=1S/C25H36N4O3.HI/c1-5-26-25(28-16-19-7-9-22(10-8-19)27-11-12-30-4)29-17-21-15-24-20(13-18(3)32-24)14-23(21)31-6-2;/h7-10,14-15,18,27H,5-6,11-13,16-17H2,1-4H3,(H2,26,28,29);1H. The number of guanidine groups is 1. The van der Waals surface area contributed by atoms with Crippen molar-refractivity contribution in [2.45, 2.75) is 46.4 Å². The lowest BCUT2D eigenvalue weighted by Crippen LogP contribution is -2.36. The van der Waals surface area contributed by atoms with Crippen LogP contribution in [-0.2, 0) is 24.2 Å². The normalized spacial score (nSPS) is 14.7. The molecule has 3 rings (SSSR count). The van der Waals surface area contributed by atoms with Gasteiger partial charge in [-0.25, -0.2) is 4.99 Å². The number of methoxy groups -OCH3 is 1. The fourth-order valence-electron chi connectivity index (χ4n) is 3.63. The molecule has 1 aliphatic rings. The van der Waals surface area contributed by atoms with E-state index in [2.05, 4.69) is 66.2 Å². The molecule has 2 aromatic carbocycles. The molecular formula is C25H37IN4O3. The molecular weight excluding hydrogens is 531 g/mol. The summed E-state index contributed by atoms with van der Waals surface area (Å²) in [6.07, 6.45) is 1.14. The molecule has 0 aromatic heterocycles. The number of hydrogen-bond donors (Lipinski definition) is 3. The first kappa shape index (κ1) is 27.0. The van der Waals surface area contributed by atoms with E-state index in [1.165, 1.54) is 5.56 Å². The highest BCUT2D eigenvalue weighted by atomic mass is 127. The molecule has 2 aromatic rings. The predicted molar refractivity (Wildman–Crippen MR) is 145 cm³/mol. The van der Waals surface area contributed by atoms with Gasteiger partial charge in [0.15, 0.2) is 5.96 Å². The van der Waals surface area contributed by atoms with E-state index in [1.54, 1.807) is 7.11 Å². The fraction of sp³-hybridized carbons (Fsp3) is 0.480. The van der Waals surface area contributed by atoms with E-state index >= 15 is 0 Å². The second-order valence-electron chi connectivity index (χ2n) is 7.80. The molecule has 7 nitrogen and oxygen atoms in total. The number of ether oxygens (including phenoxy) is 3. The minimum Gasteiger partial charge on any atom is -0.494 e. The van der Waals surface area contributed by atoms with Crippen LogP contribution in [0.3, 0.4) is 0 Å². The first-order chi connectivity index (χ1) is 15.6. The average Bonchev–Trinajstić information content (AvgIpc) is 3.15. The molecule has 1 heterocycles. The van der Waals surface area contributed by atoms with Gasteiger partial charge >= 0.3 is 0 Å². The summed E-state index contributed by atoms with van der Waals surface area (Å²) in [5.41, 5.74) is 4.51. The number of hydrogen-bond acceptors (Lipinski definition) is 5. The Kier molecular flexibility index (Phi) is 11.6. The smallest absolute Gasteiger partial charge is 0.191 e. The van der Waals surface area contributed by atoms with Crippen LogP contribution < -0.4 is 25.4 Å². The van der Waals surface area contributed by atoms with Gasteiger partial charge in [-0.1, -0.05) is 12.1 Å². The lowest BCUT2D eigenvalue weighted by molar-refractivity contribution is 0.211. The van der Waals surface area contributed by atoms with Crippen LogP contribution in [0, 0.1) is 0 Å². The van der Waals surface area contributed by atoms with Crippen molar-refractivity contribution >= 4 is 35.6 Å². The lowest BCUT2D eigenvalue weighted by atomic mass is 10.1. The Bertz CT molecular complexity index is 890. The first-order valence-corrected chi connectivity index (χ1v) is 11.4. The highest BCUT2D eigenvalue weighted by Gasteiger charge is 2.21. The molecule has 0 spiro atoms. The van der Waals surface area contributed by atoms with Crippen molar-refractivity contribution in [3.63, 3.8) is 0 Å². The zero-order valence-corrected chi connectivity index (χ0v) is 22.4. The molecule has 0 bridgehead atoms. The van der Waals surface area contributed by atoms with E-state index < -0.39 is 0 Å². The number of nitrogens with one attached hydrogen (secondary N) is 3. The van der Waals surface area contributed by atoms with Crippen molar-refractivity contribution in [3.8, 4) is 11.5 Å². The van der Waals surface area contributed by atoms with Crippen LogP contribution in [0.2, 0.25) is 0 Å². The van der Waals surface area contributed by atoms with Crippen LogP contribution in [0.1, 0.15) is 37.5 Å². The number of rotatable bonds is 11. The van der Waals surface area contributed by atoms with Gasteiger partial charge in [0.2, 0.25) is 0 Å². The summed E-state index contributed by atoms with van der Waals surface area (Å²) < 4.78 is 16.9. The molecule has 8 heteroatoms. The molecule has 182 valence electrons. The summed E-state index contributed by atoms with van der Waals surface area (Å²) in [4.78, 5) is 4.75. The Labute approximate surface area is 214 Å². The average molecular weight is 569 g/mol. The van der Waals surface area contributed by atoms with Gasteiger partial charge in [0.25, 0.3) is 0 Å². The predicted octanol–water partition coefficient (Wildman–Crippen LogP) is 4.34.